The second kappa shape index (κ2) is 4.31. The van der Waals surface area contributed by atoms with Crippen molar-refractivity contribution in [3.8, 4) is 0 Å². The van der Waals surface area contributed by atoms with Gasteiger partial charge in [0.1, 0.15) is 5.82 Å². The number of hydrogen-bond acceptors (Lipinski definition) is 4. The quantitative estimate of drug-likeness (QED) is 0.860. The molecule has 0 unspecified atom stereocenters. The molecule has 0 bridgehead atoms. The Labute approximate surface area is 93.4 Å². The maximum atomic E-state index is 4.44. The van der Waals surface area contributed by atoms with E-state index in [0.717, 1.165) is 16.6 Å². The lowest BCUT2D eigenvalue weighted by atomic mass is 10.3. The van der Waals surface area contributed by atoms with E-state index in [1.165, 1.54) is 0 Å². The molecule has 0 atom stereocenters. The first kappa shape index (κ1) is 9.98. The molecule has 2 rings (SSSR count). The molecular weight excluding hydrogens is 206 g/mol. The zero-order valence-electron chi connectivity index (χ0n) is 8.77. The van der Waals surface area contributed by atoms with Gasteiger partial charge in [-0.05, 0) is 12.1 Å². The van der Waals surface area contributed by atoms with Crippen LogP contribution in [0.2, 0.25) is 0 Å². The van der Waals surface area contributed by atoms with Gasteiger partial charge < -0.3 is 10.2 Å². The van der Waals surface area contributed by atoms with Crippen molar-refractivity contribution in [2.75, 3.05) is 24.3 Å². The van der Waals surface area contributed by atoms with Crippen LogP contribution in [-0.4, -0.2) is 19.1 Å². The number of nitrogens with one attached hydrogen (secondary N) is 1. The monoisotopic (exact) mass is 219 g/mol. The van der Waals surface area contributed by atoms with Crippen LogP contribution in [0.4, 0.5) is 16.6 Å². The van der Waals surface area contributed by atoms with Gasteiger partial charge in [0.25, 0.3) is 0 Å². The summed E-state index contributed by atoms with van der Waals surface area (Å²) in [5, 5.41) is 6.21. The lowest BCUT2D eigenvalue weighted by molar-refractivity contribution is 1.09. The SMILES string of the molecule is CN(C)c1csc(Nc2ccccc2)n1. The number of rotatable bonds is 3. The summed E-state index contributed by atoms with van der Waals surface area (Å²) in [7, 11) is 3.97. The van der Waals surface area contributed by atoms with Crippen molar-refractivity contribution < 1.29 is 0 Å². The first-order valence-corrected chi connectivity index (χ1v) is 5.58. The third-order valence-electron chi connectivity index (χ3n) is 1.98. The third kappa shape index (κ3) is 2.47. The molecule has 3 nitrogen and oxygen atoms in total. The van der Waals surface area contributed by atoms with E-state index in [-0.39, 0.29) is 0 Å². The minimum atomic E-state index is 0.921. The Hall–Kier alpha value is -1.55. The summed E-state index contributed by atoms with van der Waals surface area (Å²) in [5.74, 6) is 0.985. The van der Waals surface area contributed by atoms with E-state index in [1.807, 2.05) is 54.7 Å². The Morgan fingerprint density at radius 3 is 2.53 bits per heavy atom. The van der Waals surface area contributed by atoms with Gasteiger partial charge in [-0.25, -0.2) is 4.98 Å². The minimum absolute atomic E-state index is 0.921. The summed E-state index contributed by atoms with van der Waals surface area (Å²) < 4.78 is 0. The normalized spacial score (nSPS) is 10.0. The van der Waals surface area contributed by atoms with Gasteiger partial charge >= 0.3 is 0 Å². The highest BCUT2D eigenvalue weighted by molar-refractivity contribution is 7.14. The van der Waals surface area contributed by atoms with Gasteiger partial charge in [0, 0.05) is 25.2 Å². The van der Waals surface area contributed by atoms with Crippen molar-refractivity contribution in [3.05, 3.63) is 35.7 Å². The van der Waals surface area contributed by atoms with E-state index in [1.54, 1.807) is 11.3 Å². The van der Waals surface area contributed by atoms with Gasteiger partial charge in [0.05, 0.1) is 0 Å². The molecule has 0 aliphatic heterocycles. The highest BCUT2D eigenvalue weighted by atomic mass is 32.1. The predicted octanol–water partition coefficient (Wildman–Crippen LogP) is 2.95. The van der Waals surface area contributed by atoms with Gasteiger partial charge in [-0.1, -0.05) is 18.2 Å². The molecule has 0 saturated heterocycles. The molecule has 1 N–H and O–H groups in total. The highest BCUT2D eigenvalue weighted by Crippen LogP contribution is 2.24. The minimum Gasteiger partial charge on any atom is -0.362 e. The fraction of sp³-hybridized carbons (Fsp3) is 0.182. The number of aromatic nitrogens is 1. The fourth-order valence-electron chi connectivity index (χ4n) is 1.17. The Balaban J connectivity index is 2.12. The predicted molar refractivity (Wildman–Crippen MR) is 66.2 cm³/mol. The molecule has 1 aromatic carbocycles. The number of thiazole rings is 1. The van der Waals surface area contributed by atoms with E-state index in [2.05, 4.69) is 10.3 Å². The van der Waals surface area contributed by atoms with Gasteiger partial charge in [0.15, 0.2) is 5.13 Å². The number of para-hydroxylation sites is 1. The summed E-state index contributed by atoms with van der Waals surface area (Å²) in [4.78, 5) is 6.43. The molecule has 0 fully saturated rings. The van der Waals surface area contributed by atoms with Crippen LogP contribution < -0.4 is 10.2 Å². The van der Waals surface area contributed by atoms with Crippen LogP contribution in [0.3, 0.4) is 0 Å². The largest absolute Gasteiger partial charge is 0.362 e. The first-order valence-electron chi connectivity index (χ1n) is 4.70. The lowest BCUT2D eigenvalue weighted by Crippen LogP contribution is -2.08. The molecule has 4 heteroatoms. The van der Waals surface area contributed by atoms with Gasteiger partial charge in [-0.3, -0.25) is 0 Å². The first-order chi connectivity index (χ1) is 7.25. The maximum absolute atomic E-state index is 4.44. The Morgan fingerprint density at radius 1 is 1.20 bits per heavy atom. The van der Waals surface area contributed by atoms with Crippen molar-refractivity contribution in [1.82, 2.24) is 4.98 Å². The number of benzene rings is 1. The summed E-state index contributed by atoms with van der Waals surface area (Å²) in [6.45, 7) is 0. The topological polar surface area (TPSA) is 28.2 Å². The summed E-state index contributed by atoms with van der Waals surface area (Å²) in [6, 6.07) is 10.1. The molecule has 0 amide bonds. The smallest absolute Gasteiger partial charge is 0.189 e. The molecule has 0 radical (unpaired) electrons. The zero-order valence-corrected chi connectivity index (χ0v) is 9.58. The standard InChI is InChI=1S/C11H13N3S/c1-14(2)10-8-15-11(13-10)12-9-6-4-3-5-7-9/h3-8H,1-2H3,(H,12,13). The molecule has 78 valence electrons. The second-order valence-electron chi connectivity index (χ2n) is 3.40. The Morgan fingerprint density at radius 2 is 1.93 bits per heavy atom. The molecule has 15 heavy (non-hydrogen) atoms. The second-order valence-corrected chi connectivity index (χ2v) is 4.25. The molecule has 1 aromatic heterocycles. The molecular formula is C11H13N3S. The summed E-state index contributed by atoms with van der Waals surface area (Å²) in [5.41, 5.74) is 1.07. The van der Waals surface area contributed by atoms with Crippen LogP contribution in [0.5, 0.6) is 0 Å². The van der Waals surface area contributed by atoms with E-state index in [9.17, 15) is 0 Å². The Bertz CT molecular complexity index is 422. The van der Waals surface area contributed by atoms with Crippen molar-refractivity contribution in [3.63, 3.8) is 0 Å². The van der Waals surface area contributed by atoms with Crippen LogP contribution in [0.25, 0.3) is 0 Å². The van der Waals surface area contributed by atoms with Gasteiger partial charge in [-0.2, -0.15) is 0 Å². The van der Waals surface area contributed by atoms with Crippen molar-refractivity contribution >= 4 is 28.0 Å². The molecule has 1 heterocycles. The summed E-state index contributed by atoms with van der Waals surface area (Å²) in [6.07, 6.45) is 0. The molecule has 0 aliphatic rings. The van der Waals surface area contributed by atoms with Crippen molar-refractivity contribution in [2.24, 2.45) is 0 Å². The van der Waals surface area contributed by atoms with Crippen LogP contribution in [-0.2, 0) is 0 Å². The molecule has 2 aromatic rings. The molecule has 0 spiro atoms. The lowest BCUT2D eigenvalue weighted by Gasteiger charge is -2.06. The van der Waals surface area contributed by atoms with E-state index >= 15 is 0 Å². The van der Waals surface area contributed by atoms with Crippen LogP contribution in [0.1, 0.15) is 0 Å². The zero-order chi connectivity index (χ0) is 10.7. The van der Waals surface area contributed by atoms with Crippen LogP contribution in [0.15, 0.2) is 35.7 Å². The van der Waals surface area contributed by atoms with Crippen molar-refractivity contribution in [2.45, 2.75) is 0 Å². The van der Waals surface area contributed by atoms with Gasteiger partial charge in [-0.15, -0.1) is 11.3 Å². The number of hydrogen-bond donors (Lipinski definition) is 1. The van der Waals surface area contributed by atoms with Crippen LogP contribution in [0, 0.1) is 0 Å². The average Bonchev–Trinajstić information content (AvgIpc) is 2.68. The van der Waals surface area contributed by atoms with E-state index in [0.29, 0.717) is 0 Å². The van der Waals surface area contributed by atoms with E-state index in [4.69, 9.17) is 0 Å². The fourth-order valence-corrected chi connectivity index (χ4v) is 1.98. The number of anilines is 3. The third-order valence-corrected chi connectivity index (χ3v) is 2.72. The molecule has 0 saturated carbocycles. The van der Waals surface area contributed by atoms with Crippen LogP contribution >= 0.6 is 11.3 Å². The molecule has 0 aliphatic carbocycles. The maximum Gasteiger partial charge on any atom is 0.189 e. The number of nitrogens with zero attached hydrogens (tertiary/aromatic N) is 2. The highest BCUT2D eigenvalue weighted by Gasteiger charge is 2.02. The van der Waals surface area contributed by atoms with Gasteiger partial charge in [0.2, 0.25) is 0 Å². The van der Waals surface area contributed by atoms with Crippen molar-refractivity contribution in [1.29, 1.82) is 0 Å². The van der Waals surface area contributed by atoms with E-state index < -0.39 is 0 Å². The average molecular weight is 219 g/mol. The summed E-state index contributed by atoms with van der Waals surface area (Å²) >= 11 is 1.61. The Kier molecular flexibility index (Phi) is 2.87.